The van der Waals surface area contributed by atoms with Crippen LogP contribution in [-0.2, 0) is 13.2 Å². The predicted octanol–water partition coefficient (Wildman–Crippen LogP) is 0.504. The van der Waals surface area contributed by atoms with Crippen molar-refractivity contribution in [1.29, 1.82) is 5.26 Å². The predicted molar refractivity (Wildman–Crippen MR) is 36.0 cm³/mol. The third kappa shape index (κ3) is 1.36. The van der Waals surface area contributed by atoms with Crippen molar-refractivity contribution < 1.29 is 5.11 Å². The SMILES string of the molecule is N#CCn1ccc(CO)c1. The quantitative estimate of drug-likeness (QED) is 0.643. The van der Waals surface area contributed by atoms with E-state index in [2.05, 4.69) is 0 Å². The van der Waals surface area contributed by atoms with Gasteiger partial charge in [-0.1, -0.05) is 0 Å². The lowest BCUT2D eigenvalue weighted by molar-refractivity contribution is 0.282. The normalized spacial score (nSPS) is 9.20. The van der Waals surface area contributed by atoms with E-state index in [1.54, 1.807) is 23.0 Å². The second-order valence-corrected chi connectivity index (χ2v) is 2.01. The lowest BCUT2D eigenvalue weighted by Gasteiger charge is -1.89. The van der Waals surface area contributed by atoms with Gasteiger partial charge in [0.1, 0.15) is 6.54 Å². The highest BCUT2D eigenvalue weighted by Gasteiger charge is 1.92. The van der Waals surface area contributed by atoms with Crippen molar-refractivity contribution in [3.63, 3.8) is 0 Å². The van der Waals surface area contributed by atoms with E-state index < -0.39 is 0 Å². The Balaban J connectivity index is 2.70. The molecule has 0 amide bonds. The van der Waals surface area contributed by atoms with E-state index in [0.717, 1.165) is 5.56 Å². The highest BCUT2D eigenvalue weighted by atomic mass is 16.3. The van der Waals surface area contributed by atoms with Crippen LogP contribution in [0.25, 0.3) is 0 Å². The maximum Gasteiger partial charge on any atom is 0.109 e. The average molecular weight is 136 g/mol. The molecule has 1 N–H and O–H groups in total. The molecule has 0 aliphatic carbocycles. The molecule has 0 radical (unpaired) electrons. The fourth-order valence-electron chi connectivity index (χ4n) is 0.764. The highest BCUT2D eigenvalue weighted by Crippen LogP contribution is 1.99. The van der Waals surface area contributed by atoms with Gasteiger partial charge < -0.3 is 9.67 Å². The third-order valence-corrected chi connectivity index (χ3v) is 1.25. The summed E-state index contributed by atoms with van der Waals surface area (Å²) in [5.41, 5.74) is 0.843. The van der Waals surface area contributed by atoms with Crippen molar-refractivity contribution in [1.82, 2.24) is 4.57 Å². The molecule has 0 saturated heterocycles. The van der Waals surface area contributed by atoms with Crippen molar-refractivity contribution in [2.24, 2.45) is 0 Å². The summed E-state index contributed by atoms with van der Waals surface area (Å²) in [6.07, 6.45) is 3.53. The zero-order valence-corrected chi connectivity index (χ0v) is 5.49. The first-order valence-corrected chi connectivity index (χ1v) is 2.99. The molecule has 0 aliphatic heterocycles. The minimum Gasteiger partial charge on any atom is -0.392 e. The van der Waals surface area contributed by atoms with Gasteiger partial charge in [0.05, 0.1) is 12.7 Å². The molecule has 0 bridgehead atoms. The van der Waals surface area contributed by atoms with Gasteiger partial charge in [0.15, 0.2) is 0 Å². The second-order valence-electron chi connectivity index (χ2n) is 2.01. The molecule has 0 aromatic carbocycles. The molecular formula is C7H8N2O. The molecule has 0 spiro atoms. The molecule has 1 heterocycles. The van der Waals surface area contributed by atoms with Crippen molar-refractivity contribution in [2.75, 3.05) is 0 Å². The van der Waals surface area contributed by atoms with Crippen molar-refractivity contribution >= 4 is 0 Å². The van der Waals surface area contributed by atoms with E-state index in [1.165, 1.54) is 0 Å². The number of aromatic nitrogens is 1. The van der Waals surface area contributed by atoms with E-state index >= 15 is 0 Å². The van der Waals surface area contributed by atoms with Crippen LogP contribution >= 0.6 is 0 Å². The van der Waals surface area contributed by atoms with Gasteiger partial charge in [-0.3, -0.25) is 0 Å². The molecule has 1 aromatic heterocycles. The van der Waals surface area contributed by atoms with Crippen LogP contribution in [0, 0.1) is 11.3 Å². The van der Waals surface area contributed by atoms with E-state index in [1.807, 2.05) is 6.07 Å². The van der Waals surface area contributed by atoms with Crippen LogP contribution in [0.2, 0.25) is 0 Å². The largest absolute Gasteiger partial charge is 0.392 e. The summed E-state index contributed by atoms with van der Waals surface area (Å²) >= 11 is 0. The lowest BCUT2D eigenvalue weighted by Crippen LogP contribution is -1.89. The standard InChI is InChI=1S/C7H8N2O/c8-2-4-9-3-1-7(5-9)6-10/h1,3,5,10H,4,6H2. The first-order chi connectivity index (χ1) is 4.86. The van der Waals surface area contributed by atoms with Crippen molar-refractivity contribution in [3.05, 3.63) is 24.0 Å². The van der Waals surface area contributed by atoms with Gasteiger partial charge in [0.25, 0.3) is 0 Å². The van der Waals surface area contributed by atoms with E-state index in [4.69, 9.17) is 10.4 Å². The Bertz CT molecular complexity index is 246. The van der Waals surface area contributed by atoms with Gasteiger partial charge in [0, 0.05) is 12.4 Å². The number of nitriles is 1. The van der Waals surface area contributed by atoms with Crippen molar-refractivity contribution in [3.8, 4) is 6.07 Å². The van der Waals surface area contributed by atoms with E-state index in [0.29, 0.717) is 6.54 Å². The average Bonchev–Trinajstić information content (AvgIpc) is 2.37. The Morgan fingerprint density at radius 1 is 1.70 bits per heavy atom. The first-order valence-electron chi connectivity index (χ1n) is 2.99. The summed E-state index contributed by atoms with van der Waals surface area (Å²) in [7, 11) is 0. The number of aliphatic hydroxyl groups excluding tert-OH is 1. The number of aliphatic hydroxyl groups is 1. The maximum atomic E-state index is 8.62. The van der Waals surface area contributed by atoms with Gasteiger partial charge in [-0.25, -0.2) is 0 Å². The number of hydrogen-bond donors (Lipinski definition) is 1. The smallest absolute Gasteiger partial charge is 0.109 e. The van der Waals surface area contributed by atoms with Crippen molar-refractivity contribution in [2.45, 2.75) is 13.2 Å². The zero-order valence-electron chi connectivity index (χ0n) is 5.49. The Hall–Kier alpha value is -1.27. The van der Waals surface area contributed by atoms with E-state index in [-0.39, 0.29) is 6.61 Å². The fourth-order valence-corrected chi connectivity index (χ4v) is 0.764. The first kappa shape index (κ1) is 6.84. The number of nitrogens with zero attached hydrogens (tertiary/aromatic N) is 2. The van der Waals surface area contributed by atoms with Gasteiger partial charge >= 0.3 is 0 Å². The van der Waals surface area contributed by atoms with Crippen LogP contribution in [-0.4, -0.2) is 9.67 Å². The molecule has 1 aromatic rings. The lowest BCUT2D eigenvalue weighted by atomic mass is 10.4. The minimum absolute atomic E-state index is 0.0401. The van der Waals surface area contributed by atoms with Crippen LogP contribution in [0.5, 0.6) is 0 Å². The van der Waals surface area contributed by atoms with Gasteiger partial charge in [-0.2, -0.15) is 5.26 Å². The summed E-state index contributed by atoms with van der Waals surface area (Å²) in [4.78, 5) is 0. The van der Waals surface area contributed by atoms with Gasteiger partial charge in [0.2, 0.25) is 0 Å². The number of rotatable bonds is 2. The molecular weight excluding hydrogens is 128 g/mol. The summed E-state index contributed by atoms with van der Waals surface area (Å²) in [5, 5.41) is 16.9. The Morgan fingerprint density at radius 3 is 3.00 bits per heavy atom. The summed E-state index contributed by atoms with van der Waals surface area (Å²) in [6, 6.07) is 3.79. The monoisotopic (exact) mass is 136 g/mol. The summed E-state index contributed by atoms with van der Waals surface area (Å²) in [5.74, 6) is 0. The molecule has 3 nitrogen and oxygen atoms in total. The Kier molecular flexibility index (Phi) is 2.08. The molecule has 3 heteroatoms. The topological polar surface area (TPSA) is 49.0 Å². The molecule has 52 valence electrons. The fraction of sp³-hybridized carbons (Fsp3) is 0.286. The maximum absolute atomic E-state index is 8.62. The zero-order chi connectivity index (χ0) is 7.40. The second kappa shape index (κ2) is 3.04. The minimum atomic E-state index is 0.0401. The third-order valence-electron chi connectivity index (χ3n) is 1.25. The van der Waals surface area contributed by atoms with Crippen LogP contribution in [0.4, 0.5) is 0 Å². The molecule has 0 saturated carbocycles. The summed E-state index contributed by atoms with van der Waals surface area (Å²) in [6.45, 7) is 0.387. The molecule has 0 atom stereocenters. The molecule has 0 unspecified atom stereocenters. The summed E-state index contributed by atoms with van der Waals surface area (Å²) < 4.78 is 1.73. The Morgan fingerprint density at radius 2 is 2.50 bits per heavy atom. The van der Waals surface area contributed by atoms with Gasteiger partial charge in [-0.05, 0) is 11.6 Å². The van der Waals surface area contributed by atoms with Gasteiger partial charge in [-0.15, -0.1) is 0 Å². The molecule has 0 aliphatic rings. The molecule has 1 rings (SSSR count). The molecule has 0 fully saturated rings. The van der Waals surface area contributed by atoms with E-state index in [9.17, 15) is 0 Å². The molecule has 10 heavy (non-hydrogen) atoms. The highest BCUT2D eigenvalue weighted by molar-refractivity contribution is 5.09. The van der Waals surface area contributed by atoms with Crippen LogP contribution in [0.3, 0.4) is 0 Å². The number of hydrogen-bond acceptors (Lipinski definition) is 2. The van der Waals surface area contributed by atoms with Crippen LogP contribution in [0.1, 0.15) is 5.56 Å². The Labute approximate surface area is 59.1 Å². The van der Waals surface area contributed by atoms with Crippen LogP contribution in [0.15, 0.2) is 18.5 Å². The van der Waals surface area contributed by atoms with Crippen LogP contribution < -0.4 is 0 Å².